The Morgan fingerprint density at radius 3 is 3.13 bits per heavy atom. The van der Waals surface area contributed by atoms with Gasteiger partial charge >= 0.3 is 0 Å². The third kappa shape index (κ3) is 2.17. The molecule has 0 atom stereocenters. The Bertz CT molecular complexity index is 454. The Hall–Kier alpha value is -1.79. The molecular formula is C12H11NO2. The Kier molecular flexibility index (Phi) is 2.70. The molecule has 15 heavy (non-hydrogen) atoms. The summed E-state index contributed by atoms with van der Waals surface area (Å²) >= 11 is 0. The van der Waals surface area contributed by atoms with E-state index < -0.39 is 0 Å². The largest absolute Gasteiger partial charge is 0.395 e. The van der Waals surface area contributed by atoms with Crippen LogP contribution in [0.5, 0.6) is 0 Å². The molecule has 2 N–H and O–H groups in total. The highest BCUT2D eigenvalue weighted by Gasteiger charge is 2.16. The van der Waals surface area contributed by atoms with E-state index in [1.165, 1.54) is 0 Å². The highest BCUT2D eigenvalue weighted by atomic mass is 16.2. The van der Waals surface area contributed by atoms with E-state index in [9.17, 15) is 4.79 Å². The van der Waals surface area contributed by atoms with Crippen LogP contribution in [0, 0.1) is 11.8 Å². The van der Waals surface area contributed by atoms with Gasteiger partial charge < -0.3 is 10.4 Å². The summed E-state index contributed by atoms with van der Waals surface area (Å²) in [6.07, 6.45) is 0.934. The van der Waals surface area contributed by atoms with Crippen molar-refractivity contribution in [3.8, 4) is 11.8 Å². The molecule has 1 heterocycles. The number of hydrogen-bond donors (Lipinski definition) is 2. The maximum absolute atomic E-state index is 11.1. The van der Waals surface area contributed by atoms with Crippen LogP contribution in [0.2, 0.25) is 0 Å². The van der Waals surface area contributed by atoms with Crippen molar-refractivity contribution in [1.29, 1.82) is 0 Å². The van der Waals surface area contributed by atoms with Crippen LogP contribution in [0.3, 0.4) is 0 Å². The van der Waals surface area contributed by atoms with Crippen molar-refractivity contribution in [2.24, 2.45) is 0 Å². The van der Waals surface area contributed by atoms with Crippen LogP contribution in [0.1, 0.15) is 17.5 Å². The molecule has 0 unspecified atom stereocenters. The van der Waals surface area contributed by atoms with Crippen molar-refractivity contribution in [2.75, 3.05) is 11.9 Å². The maximum Gasteiger partial charge on any atom is 0.228 e. The standard InChI is InChI=1S/C12H11NO2/c14-6-2-1-3-9-4-5-10-8-12(15)13-11(10)7-9/h4-5,7,14H,2,6,8H2,(H,13,15). The van der Waals surface area contributed by atoms with Crippen LogP contribution in [0.15, 0.2) is 18.2 Å². The quantitative estimate of drug-likeness (QED) is 0.664. The first kappa shape index (κ1) is 9.75. The van der Waals surface area contributed by atoms with Crippen molar-refractivity contribution < 1.29 is 9.90 Å². The molecule has 0 radical (unpaired) electrons. The second-order valence-corrected chi connectivity index (χ2v) is 3.37. The number of nitrogens with one attached hydrogen (secondary N) is 1. The van der Waals surface area contributed by atoms with Gasteiger partial charge in [-0.1, -0.05) is 17.9 Å². The molecule has 0 bridgehead atoms. The summed E-state index contributed by atoms with van der Waals surface area (Å²) in [4.78, 5) is 11.1. The lowest BCUT2D eigenvalue weighted by molar-refractivity contribution is -0.115. The van der Waals surface area contributed by atoms with E-state index in [-0.39, 0.29) is 12.5 Å². The lowest BCUT2D eigenvalue weighted by atomic mass is 10.1. The number of rotatable bonds is 1. The minimum atomic E-state index is 0.0328. The minimum absolute atomic E-state index is 0.0328. The van der Waals surface area contributed by atoms with Crippen LogP contribution >= 0.6 is 0 Å². The Morgan fingerprint density at radius 1 is 1.47 bits per heavy atom. The van der Waals surface area contributed by atoms with Gasteiger partial charge in [0.15, 0.2) is 0 Å². The topological polar surface area (TPSA) is 49.3 Å². The normalized spacial score (nSPS) is 12.7. The SMILES string of the molecule is O=C1Cc2ccc(C#CCCO)cc2N1. The zero-order chi connectivity index (χ0) is 10.7. The molecule has 2 rings (SSSR count). The molecule has 1 aromatic carbocycles. The van der Waals surface area contributed by atoms with Gasteiger partial charge in [-0.3, -0.25) is 4.79 Å². The summed E-state index contributed by atoms with van der Waals surface area (Å²) in [6, 6.07) is 5.67. The summed E-state index contributed by atoms with van der Waals surface area (Å²) in [7, 11) is 0. The average Bonchev–Trinajstić information content (AvgIpc) is 2.57. The summed E-state index contributed by atoms with van der Waals surface area (Å²) in [5.41, 5.74) is 2.74. The maximum atomic E-state index is 11.1. The third-order valence-electron chi connectivity index (χ3n) is 2.20. The highest BCUT2D eigenvalue weighted by Crippen LogP contribution is 2.23. The van der Waals surface area contributed by atoms with Crippen LogP contribution in [-0.2, 0) is 11.2 Å². The molecule has 1 aromatic rings. The number of fused-ring (bicyclic) bond motifs is 1. The molecule has 0 saturated heterocycles. The fourth-order valence-corrected chi connectivity index (χ4v) is 1.51. The van der Waals surface area contributed by atoms with E-state index in [0.29, 0.717) is 12.8 Å². The van der Waals surface area contributed by atoms with Crippen LogP contribution in [0.4, 0.5) is 5.69 Å². The first-order valence-corrected chi connectivity index (χ1v) is 4.82. The van der Waals surface area contributed by atoms with Gasteiger partial charge in [-0.15, -0.1) is 0 Å². The number of aliphatic hydroxyl groups excluding tert-OH is 1. The number of amides is 1. The predicted octanol–water partition coefficient (Wildman–Crippen LogP) is 0.915. The number of carbonyl (C=O) groups is 1. The van der Waals surface area contributed by atoms with E-state index in [2.05, 4.69) is 17.2 Å². The van der Waals surface area contributed by atoms with E-state index >= 15 is 0 Å². The number of anilines is 1. The number of benzene rings is 1. The minimum Gasteiger partial charge on any atom is -0.395 e. The van der Waals surface area contributed by atoms with E-state index in [1.807, 2.05) is 18.2 Å². The second kappa shape index (κ2) is 4.16. The van der Waals surface area contributed by atoms with Gasteiger partial charge in [0.05, 0.1) is 13.0 Å². The van der Waals surface area contributed by atoms with Gasteiger partial charge in [-0.25, -0.2) is 0 Å². The summed E-state index contributed by atoms with van der Waals surface area (Å²) in [5.74, 6) is 5.80. The lowest BCUT2D eigenvalue weighted by Crippen LogP contribution is -2.03. The van der Waals surface area contributed by atoms with Gasteiger partial charge in [0.25, 0.3) is 0 Å². The molecule has 76 valence electrons. The predicted molar refractivity (Wildman–Crippen MR) is 57.4 cm³/mol. The number of aliphatic hydroxyl groups is 1. The molecular weight excluding hydrogens is 190 g/mol. The second-order valence-electron chi connectivity index (χ2n) is 3.37. The van der Waals surface area contributed by atoms with Gasteiger partial charge in [-0.2, -0.15) is 0 Å². The van der Waals surface area contributed by atoms with E-state index in [4.69, 9.17) is 5.11 Å². The Labute approximate surface area is 88.1 Å². The number of hydrogen-bond acceptors (Lipinski definition) is 2. The average molecular weight is 201 g/mol. The van der Waals surface area contributed by atoms with E-state index in [1.54, 1.807) is 0 Å². The lowest BCUT2D eigenvalue weighted by Gasteiger charge is -1.97. The Morgan fingerprint density at radius 2 is 2.33 bits per heavy atom. The van der Waals surface area contributed by atoms with Gasteiger partial charge in [0.1, 0.15) is 0 Å². The smallest absolute Gasteiger partial charge is 0.228 e. The van der Waals surface area contributed by atoms with Crippen LogP contribution in [-0.4, -0.2) is 17.6 Å². The first-order chi connectivity index (χ1) is 7.29. The molecule has 0 fully saturated rings. The molecule has 0 aromatic heterocycles. The molecule has 0 aliphatic carbocycles. The summed E-state index contributed by atoms with van der Waals surface area (Å²) < 4.78 is 0. The fraction of sp³-hybridized carbons (Fsp3) is 0.250. The van der Waals surface area contributed by atoms with Gasteiger partial charge in [0, 0.05) is 17.7 Å². The van der Waals surface area contributed by atoms with Gasteiger partial charge in [0.2, 0.25) is 5.91 Å². The molecule has 0 spiro atoms. The monoisotopic (exact) mass is 201 g/mol. The molecule has 3 nitrogen and oxygen atoms in total. The zero-order valence-electron chi connectivity index (χ0n) is 8.21. The van der Waals surface area contributed by atoms with Crippen molar-refractivity contribution in [3.05, 3.63) is 29.3 Å². The number of carbonyl (C=O) groups excluding carboxylic acids is 1. The molecule has 1 aliphatic heterocycles. The van der Waals surface area contributed by atoms with Crippen LogP contribution in [0.25, 0.3) is 0 Å². The molecule has 0 saturated carbocycles. The first-order valence-electron chi connectivity index (χ1n) is 4.82. The van der Waals surface area contributed by atoms with Crippen molar-refractivity contribution >= 4 is 11.6 Å². The zero-order valence-corrected chi connectivity index (χ0v) is 8.21. The van der Waals surface area contributed by atoms with Crippen molar-refractivity contribution in [2.45, 2.75) is 12.8 Å². The third-order valence-corrected chi connectivity index (χ3v) is 2.20. The molecule has 1 amide bonds. The van der Waals surface area contributed by atoms with E-state index in [0.717, 1.165) is 16.8 Å². The van der Waals surface area contributed by atoms with Crippen LogP contribution < -0.4 is 5.32 Å². The highest BCUT2D eigenvalue weighted by molar-refractivity contribution is 5.99. The summed E-state index contributed by atoms with van der Waals surface area (Å²) in [6.45, 7) is 0.0781. The molecule has 1 aliphatic rings. The molecule has 3 heteroatoms. The van der Waals surface area contributed by atoms with Crippen molar-refractivity contribution in [3.63, 3.8) is 0 Å². The van der Waals surface area contributed by atoms with Gasteiger partial charge in [-0.05, 0) is 17.7 Å². The summed E-state index contributed by atoms with van der Waals surface area (Å²) in [5, 5.41) is 11.3. The van der Waals surface area contributed by atoms with Crippen molar-refractivity contribution in [1.82, 2.24) is 0 Å². The fourth-order valence-electron chi connectivity index (χ4n) is 1.51. The Balaban J connectivity index is 2.21.